The normalized spacial score (nSPS) is 11.8. The van der Waals surface area contributed by atoms with E-state index in [-0.39, 0.29) is 23.0 Å². The molecular formula is C31H39N3O6S. The Labute approximate surface area is 243 Å². The lowest BCUT2D eigenvalue weighted by atomic mass is 10.1. The number of ether oxygens (including phenoxy) is 2. The minimum Gasteiger partial charge on any atom is -0.497 e. The highest BCUT2D eigenvalue weighted by Crippen LogP contribution is 2.33. The van der Waals surface area contributed by atoms with Crippen molar-refractivity contribution in [3.05, 3.63) is 83.9 Å². The number of hydrogen-bond donors (Lipinski definition) is 1. The van der Waals surface area contributed by atoms with E-state index in [9.17, 15) is 18.0 Å². The van der Waals surface area contributed by atoms with Crippen LogP contribution in [-0.4, -0.2) is 58.5 Å². The molecule has 3 aromatic carbocycles. The Balaban J connectivity index is 2.10. The van der Waals surface area contributed by atoms with Crippen LogP contribution in [0.5, 0.6) is 11.5 Å². The van der Waals surface area contributed by atoms with E-state index in [1.165, 1.54) is 24.1 Å². The molecule has 0 radical (unpaired) electrons. The number of carbonyl (C=O) groups is 2. The zero-order valence-corrected chi connectivity index (χ0v) is 25.1. The van der Waals surface area contributed by atoms with Gasteiger partial charge in [-0.2, -0.15) is 0 Å². The first-order chi connectivity index (χ1) is 19.7. The maximum absolute atomic E-state index is 14.2. The first-order valence-corrected chi connectivity index (χ1v) is 15.0. The van der Waals surface area contributed by atoms with Crippen molar-refractivity contribution in [3.8, 4) is 11.5 Å². The minimum atomic E-state index is -4.19. The summed E-state index contributed by atoms with van der Waals surface area (Å²) in [7, 11) is -1.18. The van der Waals surface area contributed by atoms with Crippen LogP contribution < -0.4 is 19.1 Å². The number of methoxy groups -OCH3 is 2. The molecule has 1 unspecified atom stereocenters. The molecule has 3 rings (SSSR count). The molecule has 0 aromatic heterocycles. The fraction of sp³-hybridized carbons (Fsp3) is 0.355. The lowest BCUT2D eigenvalue weighted by Crippen LogP contribution is -2.52. The Hall–Kier alpha value is -4.05. The van der Waals surface area contributed by atoms with Crippen molar-refractivity contribution < 1.29 is 27.5 Å². The lowest BCUT2D eigenvalue weighted by molar-refractivity contribution is -0.140. The van der Waals surface area contributed by atoms with Gasteiger partial charge in [-0.05, 0) is 67.3 Å². The second-order valence-corrected chi connectivity index (χ2v) is 11.4. The minimum absolute atomic E-state index is 0.0331. The van der Waals surface area contributed by atoms with Crippen LogP contribution in [0.25, 0.3) is 0 Å². The Kier molecular flexibility index (Phi) is 11.2. The average Bonchev–Trinajstić information content (AvgIpc) is 2.99. The number of carbonyl (C=O) groups excluding carboxylic acids is 2. The number of nitrogens with zero attached hydrogens (tertiary/aromatic N) is 2. The van der Waals surface area contributed by atoms with Crippen molar-refractivity contribution in [2.45, 2.75) is 51.1 Å². The summed E-state index contributed by atoms with van der Waals surface area (Å²) in [6, 6.07) is 19.5. The predicted molar refractivity (Wildman–Crippen MR) is 160 cm³/mol. The number of sulfonamides is 1. The molecule has 1 N–H and O–H groups in total. The van der Waals surface area contributed by atoms with E-state index in [4.69, 9.17) is 9.47 Å². The predicted octanol–water partition coefficient (Wildman–Crippen LogP) is 4.54. The molecule has 220 valence electrons. The SMILES string of the molecule is CCCNC(=O)C(CC)N(Cc1ccc(OC)cc1)C(=O)CN(c1cc(C)ccc1OC)S(=O)(=O)c1ccccc1. The third-order valence-corrected chi connectivity index (χ3v) is 8.43. The monoisotopic (exact) mass is 581 g/mol. The van der Waals surface area contributed by atoms with E-state index in [0.717, 1.165) is 21.9 Å². The largest absolute Gasteiger partial charge is 0.497 e. The van der Waals surface area contributed by atoms with E-state index in [0.29, 0.717) is 24.5 Å². The van der Waals surface area contributed by atoms with Gasteiger partial charge in [-0.15, -0.1) is 0 Å². The molecule has 2 amide bonds. The van der Waals surface area contributed by atoms with Gasteiger partial charge in [0.25, 0.3) is 10.0 Å². The first kappa shape index (κ1) is 31.5. The number of rotatable bonds is 14. The molecule has 0 aliphatic rings. The standard InChI is InChI=1S/C31H39N3O6S/c1-6-19-32-31(36)27(7-2)33(21-24-14-16-25(39-4)17-15-24)30(35)22-34(28-20-23(3)13-18-29(28)40-5)41(37,38)26-11-9-8-10-12-26/h8-18,20,27H,6-7,19,21-22H2,1-5H3,(H,32,36). The van der Waals surface area contributed by atoms with E-state index in [1.54, 1.807) is 55.6 Å². The van der Waals surface area contributed by atoms with Crippen LogP contribution in [0.2, 0.25) is 0 Å². The van der Waals surface area contributed by atoms with Crippen molar-refractivity contribution in [1.29, 1.82) is 0 Å². The molecule has 0 aliphatic carbocycles. The number of benzene rings is 3. The molecule has 0 saturated carbocycles. The summed E-state index contributed by atoms with van der Waals surface area (Å²) < 4.78 is 39.9. The third-order valence-electron chi connectivity index (χ3n) is 6.66. The van der Waals surface area contributed by atoms with Gasteiger partial charge >= 0.3 is 0 Å². The quantitative estimate of drug-likeness (QED) is 0.300. The molecule has 0 spiro atoms. The average molecular weight is 582 g/mol. The zero-order valence-electron chi connectivity index (χ0n) is 24.3. The summed E-state index contributed by atoms with van der Waals surface area (Å²) in [4.78, 5) is 28.9. The molecule has 10 heteroatoms. The van der Waals surface area contributed by atoms with Crippen LogP contribution in [0.4, 0.5) is 5.69 Å². The van der Waals surface area contributed by atoms with Gasteiger partial charge in [-0.1, -0.05) is 50.2 Å². The number of amides is 2. The van der Waals surface area contributed by atoms with Crippen LogP contribution in [0, 0.1) is 6.92 Å². The highest BCUT2D eigenvalue weighted by atomic mass is 32.2. The van der Waals surface area contributed by atoms with Crippen molar-refractivity contribution >= 4 is 27.5 Å². The summed E-state index contributed by atoms with van der Waals surface area (Å²) >= 11 is 0. The highest BCUT2D eigenvalue weighted by molar-refractivity contribution is 7.92. The summed E-state index contributed by atoms with van der Waals surface area (Å²) in [6.07, 6.45) is 1.08. The van der Waals surface area contributed by atoms with Crippen LogP contribution >= 0.6 is 0 Å². The first-order valence-electron chi connectivity index (χ1n) is 13.6. The Morgan fingerprint density at radius 1 is 0.927 bits per heavy atom. The Morgan fingerprint density at radius 3 is 2.20 bits per heavy atom. The van der Waals surface area contributed by atoms with Gasteiger partial charge in [0, 0.05) is 13.1 Å². The molecular weight excluding hydrogens is 542 g/mol. The van der Waals surface area contributed by atoms with Gasteiger partial charge in [-0.3, -0.25) is 13.9 Å². The van der Waals surface area contributed by atoms with E-state index < -0.39 is 28.5 Å². The fourth-order valence-electron chi connectivity index (χ4n) is 4.44. The van der Waals surface area contributed by atoms with E-state index >= 15 is 0 Å². The van der Waals surface area contributed by atoms with Gasteiger partial charge in [0.1, 0.15) is 24.1 Å². The summed E-state index contributed by atoms with van der Waals surface area (Å²) in [5.74, 6) is 0.146. The van der Waals surface area contributed by atoms with Gasteiger partial charge in [-0.25, -0.2) is 8.42 Å². The summed E-state index contributed by atoms with van der Waals surface area (Å²) in [5.41, 5.74) is 1.80. The van der Waals surface area contributed by atoms with Crippen LogP contribution in [0.1, 0.15) is 37.8 Å². The maximum atomic E-state index is 14.2. The van der Waals surface area contributed by atoms with Crippen molar-refractivity contribution in [3.63, 3.8) is 0 Å². The number of hydrogen-bond acceptors (Lipinski definition) is 6. The van der Waals surface area contributed by atoms with Gasteiger partial charge in [0.15, 0.2) is 0 Å². The van der Waals surface area contributed by atoms with Crippen molar-refractivity contribution in [1.82, 2.24) is 10.2 Å². The smallest absolute Gasteiger partial charge is 0.264 e. The number of aryl methyl sites for hydroxylation is 1. The van der Waals surface area contributed by atoms with Crippen molar-refractivity contribution in [2.75, 3.05) is 31.6 Å². The molecule has 0 saturated heterocycles. The maximum Gasteiger partial charge on any atom is 0.264 e. The molecule has 41 heavy (non-hydrogen) atoms. The molecule has 0 aliphatic heterocycles. The van der Waals surface area contributed by atoms with Gasteiger partial charge in [0.05, 0.1) is 24.8 Å². The number of anilines is 1. The molecule has 1 atom stereocenters. The zero-order chi connectivity index (χ0) is 30.0. The van der Waals surface area contributed by atoms with Crippen molar-refractivity contribution in [2.24, 2.45) is 0 Å². The van der Waals surface area contributed by atoms with Gasteiger partial charge in [0.2, 0.25) is 11.8 Å². The summed E-state index contributed by atoms with van der Waals surface area (Å²) in [6.45, 7) is 5.64. The van der Waals surface area contributed by atoms with E-state index in [2.05, 4.69) is 5.32 Å². The molecule has 0 bridgehead atoms. The second kappa shape index (κ2) is 14.5. The molecule has 9 nitrogen and oxygen atoms in total. The molecule has 0 fully saturated rings. The fourth-order valence-corrected chi connectivity index (χ4v) is 5.88. The lowest BCUT2D eigenvalue weighted by Gasteiger charge is -2.33. The summed E-state index contributed by atoms with van der Waals surface area (Å²) in [5, 5.41) is 2.88. The van der Waals surface area contributed by atoms with Gasteiger partial charge < -0.3 is 19.7 Å². The van der Waals surface area contributed by atoms with Crippen LogP contribution in [0.15, 0.2) is 77.7 Å². The van der Waals surface area contributed by atoms with Crippen LogP contribution in [-0.2, 0) is 26.2 Å². The second-order valence-electron chi connectivity index (χ2n) is 9.58. The van der Waals surface area contributed by atoms with E-state index in [1.807, 2.05) is 32.9 Å². The number of nitrogens with one attached hydrogen (secondary N) is 1. The Morgan fingerprint density at radius 2 is 1.61 bits per heavy atom. The molecule has 3 aromatic rings. The topological polar surface area (TPSA) is 105 Å². The third kappa shape index (κ3) is 7.79. The van der Waals surface area contributed by atoms with Crippen LogP contribution in [0.3, 0.4) is 0 Å². The highest BCUT2D eigenvalue weighted by Gasteiger charge is 2.34. The molecule has 0 heterocycles. The Bertz CT molecular complexity index is 1410.